The standard InChI is InChI=1S/C22H25N3O3/c23-11-10-17-6-8-21(9-7-17)28-16-18-3-1-5-20(13-18)24-22(27)25-12-2-4-19(14-25)15-26/h1,3,5-9,13,19,26H,2,4,10,12,14-16H2,(H,24,27). The highest BCUT2D eigenvalue weighted by Crippen LogP contribution is 2.19. The van der Waals surface area contributed by atoms with Gasteiger partial charge in [0.2, 0.25) is 0 Å². The largest absolute Gasteiger partial charge is 0.489 e. The van der Waals surface area contributed by atoms with E-state index in [4.69, 9.17) is 10.00 Å². The molecule has 0 aromatic heterocycles. The molecule has 0 saturated carbocycles. The molecule has 1 atom stereocenters. The first kappa shape index (κ1) is 19.7. The summed E-state index contributed by atoms with van der Waals surface area (Å²) in [4.78, 5) is 14.2. The Kier molecular flexibility index (Phi) is 6.88. The van der Waals surface area contributed by atoms with Crippen molar-refractivity contribution in [1.82, 2.24) is 4.90 Å². The number of anilines is 1. The summed E-state index contributed by atoms with van der Waals surface area (Å²) in [6.45, 7) is 1.81. The zero-order valence-corrected chi connectivity index (χ0v) is 15.8. The van der Waals surface area contributed by atoms with E-state index in [1.807, 2.05) is 48.5 Å². The Morgan fingerprint density at radius 1 is 1.25 bits per heavy atom. The second kappa shape index (κ2) is 9.77. The van der Waals surface area contributed by atoms with Crippen LogP contribution in [0.4, 0.5) is 10.5 Å². The molecule has 1 fully saturated rings. The van der Waals surface area contributed by atoms with E-state index < -0.39 is 0 Å². The lowest BCUT2D eigenvalue weighted by Gasteiger charge is -2.31. The fourth-order valence-corrected chi connectivity index (χ4v) is 3.30. The van der Waals surface area contributed by atoms with Crippen molar-refractivity contribution in [1.29, 1.82) is 5.26 Å². The number of benzene rings is 2. The summed E-state index contributed by atoms with van der Waals surface area (Å²) < 4.78 is 5.80. The lowest BCUT2D eigenvalue weighted by atomic mass is 9.99. The lowest BCUT2D eigenvalue weighted by Crippen LogP contribution is -2.43. The molecule has 0 aliphatic carbocycles. The zero-order valence-electron chi connectivity index (χ0n) is 15.8. The second-order valence-electron chi connectivity index (χ2n) is 7.03. The van der Waals surface area contributed by atoms with Crippen molar-refractivity contribution < 1.29 is 14.6 Å². The third-order valence-corrected chi connectivity index (χ3v) is 4.85. The van der Waals surface area contributed by atoms with Crippen molar-refractivity contribution in [3.8, 4) is 11.8 Å². The Balaban J connectivity index is 1.55. The highest BCUT2D eigenvalue weighted by molar-refractivity contribution is 5.89. The van der Waals surface area contributed by atoms with Crippen LogP contribution in [-0.4, -0.2) is 35.7 Å². The number of carbonyl (C=O) groups excluding carboxylic acids is 1. The normalized spacial score (nSPS) is 16.3. The first-order chi connectivity index (χ1) is 13.7. The number of carbonyl (C=O) groups is 1. The minimum absolute atomic E-state index is 0.119. The summed E-state index contributed by atoms with van der Waals surface area (Å²) in [5.41, 5.74) is 2.63. The van der Waals surface area contributed by atoms with Crippen LogP contribution in [0, 0.1) is 17.2 Å². The molecular weight excluding hydrogens is 354 g/mol. The number of nitriles is 1. The molecule has 3 rings (SSSR count). The van der Waals surface area contributed by atoms with Crippen molar-refractivity contribution in [3.63, 3.8) is 0 Å². The van der Waals surface area contributed by atoms with Gasteiger partial charge in [0.05, 0.1) is 12.5 Å². The number of aliphatic hydroxyl groups excluding tert-OH is 1. The summed E-state index contributed by atoms with van der Waals surface area (Å²) in [7, 11) is 0. The predicted molar refractivity (Wildman–Crippen MR) is 107 cm³/mol. The van der Waals surface area contributed by atoms with Crippen LogP contribution in [0.5, 0.6) is 5.75 Å². The Morgan fingerprint density at radius 2 is 2.07 bits per heavy atom. The third-order valence-electron chi connectivity index (χ3n) is 4.85. The molecule has 2 aromatic rings. The number of piperidine rings is 1. The number of nitrogens with one attached hydrogen (secondary N) is 1. The zero-order chi connectivity index (χ0) is 19.8. The number of nitrogens with zero attached hydrogens (tertiary/aromatic N) is 2. The fourth-order valence-electron chi connectivity index (χ4n) is 3.30. The van der Waals surface area contributed by atoms with E-state index in [1.165, 1.54) is 0 Å². The smallest absolute Gasteiger partial charge is 0.321 e. The average Bonchev–Trinajstić information content (AvgIpc) is 2.74. The van der Waals surface area contributed by atoms with E-state index >= 15 is 0 Å². The van der Waals surface area contributed by atoms with Crippen LogP contribution >= 0.6 is 0 Å². The molecule has 1 aliphatic heterocycles. The minimum Gasteiger partial charge on any atom is -0.489 e. The number of hydrogen-bond donors (Lipinski definition) is 2. The van der Waals surface area contributed by atoms with Crippen molar-refractivity contribution in [3.05, 3.63) is 59.7 Å². The van der Waals surface area contributed by atoms with E-state index in [2.05, 4.69) is 11.4 Å². The summed E-state index contributed by atoms with van der Waals surface area (Å²) in [6, 6.07) is 17.0. The quantitative estimate of drug-likeness (QED) is 0.803. The first-order valence-electron chi connectivity index (χ1n) is 9.52. The lowest BCUT2D eigenvalue weighted by molar-refractivity contribution is 0.136. The van der Waals surface area contributed by atoms with Gasteiger partial charge in [-0.05, 0) is 54.2 Å². The number of amides is 2. The maximum atomic E-state index is 12.5. The van der Waals surface area contributed by atoms with E-state index in [9.17, 15) is 9.90 Å². The Hall–Kier alpha value is -3.04. The highest BCUT2D eigenvalue weighted by Gasteiger charge is 2.23. The van der Waals surface area contributed by atoms with E-state index in [-0.39, 0.29) is 18.6 Å². The summed E-state index contributed by atoms with van der Waals surface area (Å²) in [5, 5.41) is 21.0. The molecule has 6 heteroatoms. The average molecular weight is 379 g/mol. The van der Waals surface area contributed by atoms with Crippen molar-refractivity contribution in [2.45, 2.75) is 25.9 Å². The topological polar surface area (TPSA) is 85.6 Å². The monoisotopic (exact) mass is 379 g/mol. The van der Waals surface area contributed by atoms with Gasteiger partial charge >= 0.3 is 6.03 Å². The molecule has 28 heavy (non-hydrogen) atoms. The summed E-state index contributed by atoms with van der Waals surface area (Å²) >= 11 is 0. The molecule has 2 aromatic carbocycles. The van der Waals surface area contributed by atoms with Gasteiger partial charge in [0, 0.05) is 25.4 Å². The third kappa shape index (κ3) is 5.48. The van der Waals surface area contributed by atoms with Gasteiger partial charge in [-0.25, -0.2) is 4.79 Å². The molecule has 1 saturated heterocycles. The highest BCUT2D eigenvalue weighted by atomic mass is 16.5. The Morgan fingerprint density at radius 3 is 2.82 bits per heavy atom. The van der Waals surface area contributed by atoms with E-state index in [1.54, 1.807) is 4.90 Å². The minimum atomic E-state index is -0.135. The molecule has 6 nitrogen and oxygen atoms in total. The number of urea groups is 1. The molecule has 1 aliphatic rings. The maximum Gasteiger partial charge on any atom is 0.321 e. The van der Waals surface area contributed by atoms with E-state index in [0.29, 0.717) is 26.1 Å². The van der Waals surface area contributed by atoms with Crippen LogP contribution in [0.1, 0.15) is 24.0 Å². The Labute approximate surface area is 165 Å². The number of aliphatic hydroxyl groups is 1. The Bertz CT molecular complexity index is 830. The predicted octanol–water partition coefficient (Wildman–Crippen LogP) is 3.57. The fraction of sp³-hybridized carbons (Fsp3) is 0.364. The van der Waals surface area contributed by atoms with Gasteiger partial charge in [-0.3, -0.25) is 0 Å². The van der Waals surface area contributed by atoms with Crippen molar-refractivity contribution in [2.75, 3.05) is 25.0 Å². The van der Waals surface area contributed by atoms with Gasteiger partial charge in [-0.2, -0.15) is 5.26 Å². The van der Waals surface area contributed by atoms with Gasteiger partial charge in [0.15, 0.2) is 0 Å². The number of hydrogen-bond acceptors (Lipinski definition) is 4. The molecule has 0 bridgehead atoms. The molecular formula is C22H25N3O3. The van der Waals surface area contributed by atoms with Gasteiger partial charge < -0.3 is 20.1 Å². The van der Waals surface area contributed by atoms with Gasteiger partial charge in [-0.1, -0.05) is 24.3 Å². The van der Waals surface area contributed by atoms with Gasteiger partial charge in [-0.15, -0.1) is 0 Å². The van der Waals surface area contributed by atoms with Crippen molar-refractivity contribution >= 4 is 11.7 Å². The SMILES string of the molecule is N#CCc1ccc(OCc2cccc(NC(=O)N3CCCC(CO)C3)c2)cc1. The molecule has 2 N–H and O–H groups in total. The summed E-state index contributed by atoms with van der Waals surface area (Å²) in [6.07, 6.45) is 2.27. The van der Waals surface area contributed by atoms with Crippen LogP contribution in [0.2, 0.25) is 0 Å². The number of ether oxygens (including phenoxy) is 1. The summed E-state index contributed by atoms with van der Waals surface area (Å²) in [5.74, 6) is 0.901. The maximum absolute atomic E-state index is 12.5. The molecule has 146 valence electrons. The first-order valence-corrected chi connectivity index (χ1v) is 9.52. The molecule has 0 spiro atoms. The van der Waals surface area contributed by atoms with Gasteiger partial charge in [0.25, 0.3) is 0 Å². The van der Waals surface area contributed by atoms with Gasteiger partial charge in [0.1, 0.15) is 12.4 Å². The van der Waals surface area contributed by atoms with Crippen LogP contribution in [-0.2, 0) is 13.0 Å². The van der Waals surface area contributed by atoms with Crippen molar-refractivity contribution in [2.24, 2.45) is 5.92 Å². The second-order valence-corrected chi connectivity index (χ2v) is 7.03. The number of rotatable bonds is 6. The molecule has 0 radical (unpaired) electrons. The molecule has 1 unspecified atom stereocenters. The molecule has 2 amide bonds. The van der Waals surface area contributed by atoms with Crippen LogP contribution in [0.15, 0.2) is 48.5 Å². The van der Waals surface area contributed by atoms with Crippen LogP contribution in [0.25, 0.3) is 0 Å². The van der Waals surface area contributed by atoms with E-state index in [0.717, 1.165) is 35.4 Å². The van der Waals surface area contributed by atoms with Crippen LogP contribution in [0.3, 0.4) is 0 Å². The number of likely N-dealkylation sites (tertiary alicyclic amines) is 1. The molecule has 1 heterocycles. The van der Waals surface area contributed by atoms with Crippen LogP contribution < -0.4 is 10.1 Å².